The Labute approximate surface area is 129 Å². The van der Waals surface area contributed by atoms with Crippen molar-refractivity contribution in [3.05, 3.63) is 66.0 Å². The van der Waals surface area contributed by atoms with E-state index in [1.807, 2.05) is 30.3 Å². The number of ether oxygens (including phenoxy) is 1. The number of rotatable bonds is 6. The number of nitrogens with zero attached hydrogens (tertiary/aromatic N) is 1. The lowest BCUT2D eigenvalue weighted by Crippen LogP contribution is -2.41. The third-order valence-electron chi connectivity index (χ3n) is 3.28. The van der Waals surface area contributed by atoms with E-state index in [1.165, 1.54) is 13.3 Å². The Morgan fingerprint density at radius 2 is 1.95 bits per heavy atom. The second-order valence-corrected chi connectivity index (χ2v) is 4.82. The number of nitrogens with one attached hydrogen (secondary N) is 1. The van der Waals surface area contributed by atoms with Crippen molar-refractivity contribution in [3.8, 4) is 0 Å². The third kappa shape index (κ3) is 4.41. The molecule has 0 fully saturated rings. The standard InChI is InChI=1S/C17H18N2O3/c1-22-17(21)15(10-9-13-6-3-2-4-7-13)19-16(20)14-8-5-11-18-12-14/h2-8,11-12,15H,9-10H2,1H3,(H,19,20)/t15-/m0/s1. The molecule has 1 amide bonds. The number of aryl methyl sites for hydroxylation is 1. The van der Waals surface area contributed by atoms with Crippen LogP contribution in [0, 0.1) is 0 Å². The van der Waals surface area contributed by atoms with Gasteiger partial charge in [-0.1, -0.05) is 30.3 Å². The van der Waals surface area contributed by atoms with E-state index in [2.05, 4.69) is 10.3 Å². The summed E-state index contributed by atoms with van der Waals surface area (Å²) in [5.74, 6) is -0.787. The van der Waals surface area contributed by atoms with E-state index in [0.29, 0.717) is 18.4 Å². The molecule has 0 aliphatic carbocycles. The fourth-order valence-corrected chi connectivity index (χ4v) is 2.09. The molecule has 2 aromatic rings. The Kier molecular flexibility index (Phi) is 5.65. The van der Waals surface area contributed by atoms with Crippen molar-refractivity contribution in [2.45, 2.75) is 18.9 Å². The molecule has 1 aromatic heterocycles. The van der Waals surface area contributed by atoms with Crippen LogP contribution in [0.25, 0.3) is 0 Å². The van der Waals surface area contributed by atoms with Gasteiger partial charge in [0.25, 0.3) is 5.91 Å². The predicted molar refractivity (Wildman–Crippen MR) is 82.3 cm³/mol. The van der Waals surface area contributed by atoms with Gasteiger partial charge in [0, 0.05) is 12.4 Å². The lowest BCUT2D eigenvalue weighted by Gasteiger charge is -2.16. The highest BCUT2D eigenvalue weighted by Gasteiger charge is 2.21. The predicted octanol–water partition coefficient (Wildman–Crippen LogP) is 1.99. The number of aromatic nitrogens is 1. The van der Waals surface area contributed by atoms with Gasteiger partial charge < -0.3 is 10.1 Å². The summed E-state index contributed by atoms with van der Waals surface area (Å²) in [5, 5.41) is 2.70. The summed E-state index contributed by atoms with van der Waals surface area (Å²) in [6.07, 6.45) is 4.20. The Balaban J connectivity index is 2.00. The zero-order chi connectivity index (χ0) is 15.8. The molecule has 5 heteroatoms. The lowest BCUT2D eigenvalue weighted by atomic mass is 10.0. The van der Waals surface area contributed by atoms with Crippen LogP contribution in [0.1, 0.15) is 22.3 Å². The number of hydrogen-bond donors (Lipinski definition) is 1. The minimum atomic E-state index is -0.682. The molecule has 1 aromatic carbocycles. The van der Waals surface area contributed by atoms with E-state index in [0.717, 1.165) is 5.56 Å². The maximum Gasteiger partial charge on any atom is 0.328 e. The summed E-state index contributed by atoms with van der Waals surface area (Å²) >= 11 is 0. The largest absolute Gasteiger partial charge is 0.467 e. The first-order valence-electron chi connectivity index (χ1n) is 7.03. The van der Waals surface area contributed by atoms with Gasteiger partial charge in [0.1, 0.15) is 6.04 Å². The smallest absolute Gasteiger partial charge is 0.328 e. The van der Waals surface area contributed by atoms with Crippen LogP contribution in [0.15, 0.2) is 54.9 Å². The van der Waals surface area contributed by atoms with Crippen LogP contribution in [0.4, 0.5) is 0 Å². The minimum Gasteiger partial charge on any atom is -0.467 e. The van der Waals surface area contributed by atoms with Crippen molar-refractivity contribution in [2.75, 3.05) is 7.11 Å². The topological polar surface area (TPSA) is 68.3 Å². The van der Waals surface area contributed by atoms with E-state index < -0.39 is 12.0 Å². The summed E-state index contributed by atoms with van der Waals surface area (Å²) in [6.45, 7) is 0. The van der Waals surface area contributed by atoms with Crippen LogP contribution in [-0.2, 0) is 16.0 Å². The van der Waals surface area contributed by atoms with Gasteiger partial charge in [0.2, 0.25) is 0 Å². The number of pyridine rings is 1. The van der Waals surface area contributed by atoms with Gasteiger partial charge in [-0.3, -0.25) is 9.78 Å². The Morgan fingerprint density at radius 3 is 2.59 bits per heavy atom. The summed E-state index contributed by atoms with van der Waals surface area (Å²) in [5.41, 5.74) is 1.52. The van der Waals surface area contributed by atoms with E-state index in [4.69, 9.17) is 4.74 Å². The van der Waals surface area contributed by atoms with Gasteiger partial charge in [-0.15, -0.1) is 0 Å². The van der Waals surface area contributed by atoms with Crippen molar-refractivity contribution in [3.63, 3.8) is 0 Å². The molecule has 0 spiro atoms. The van der Waals surface area contributed by atoms with Crippen LogP contribution in [0.3, 0.4) is 0 Å². The summed E-state index contributed by atoms with van der Waals surface area (Å²) in [6, 6.07) is 12.4. The highest BCUT2D eigenvalue weighted by molar-refractivity contribution is 5.96. The Bertz CT molecular complexity index is 614. The van der Waals surface area contributed by atoms with Crippen LogP contribution in [-0.4, -0.2) is 30.0 Å². The highest BCUT2D eigenvalue weighted by Crippen LogP contribution is 2.07. The number of hydrogen-bond acceptors (Lipinski definition) is 4. The summed E-state index contributed by atoms with van der Waals surface area (Å²) < 4.78 is 4.77. The molecule has 22 heavy (non-hydrogen) atoms. The maximum absolute atomic E-state index is 12.1. The molecular formula is C17H18N2O3. The molecule has 0 aliphatic rings. The van der Waals surface area contributed by atoms with Crippen LogP contribution < -0.4 is 5.32 Å². The maximum atomic E-state index is 12.1. The first kappa shape index (κ1) is 15.7. The first-order valence-corrected chi connectivity index (χ1v) is 7.03. The summed E-state index contributed by atoms with van der Waals surface area (Å²) in [4.78, 5) is 27.9. The van der Waals surface area contributed by atoms with Crippen molar-refractivity contribution < 1.29 is 14.3 Å². The summed E-state index contributed by atoms with van der Waals surface area (Å²) in [7, 11) is 1.31. The lowest BCUT2D eigenvalue weighted by molar-refractivity contribution is -0.143. The van der Waals surface area contributed by atoms with E-state index in [9.17, 15) is 9.59 Å². The van der Waals surface area contributed by atoms with Crippen molar-refractivity contribution in [1.82, 2.24) is 10.3 Å². The van der Waals surface area contributed by atoms with E-state index >= 15 is 0 Å². The van der Waals surface area contributed by atoms with Crippen LogP contribution in [0.2, 0.25) is 0 Å². The molecule has 0 unspecified atom stereocenters. The second kappa shape index (κ2) is 7.93. The number of esters is 1. The van der Waals surface area contributed by atoms with E-state index in [1.54, 1.807) is 18.3 Å². The molecule has 114 valence electrons. The van der Waals surface area contributed by atoms with Crippen LogP contribution in [0.5, 0.6) is 0 Å². The van der Waals surface area contributed by atoms with Crippen molar-refractivity contribution in [2.24, 2.45) is 0 Å². The molecule has 5 nitrogen and oxygen atoms in total. The average molecular weight is 298 g/mol. The SMILES string of the molecule is COC(=O)[C@H](CCc1ccccc1)NC(=O)c1cccnc1. The number of carbonyl (C=O) groups is 2. The zero-order valence-electron chi connectivity index (χ0n) is 12.4. The molecule has 1 heterocycles. The van der Waals surface area contributed by atoms with Crippen molar-refractivity contribution in [1.29, 1.82) is 0 Å². The van der Waals surface area contributed by atoms with Crippen molar-refractivity contribution >= 4 is 11.9 Å². The van der Waals surface area contributed by atoms with E-state index in [-0.39, 0.29) is 5.91 Å². The molecule has 0 saturated heterocycles. The fourth-order valence-electron chi connectivity index (χ4n) is 2.09. The first-order chi connectivity index (χ1) is 10.7. The Morgan fingerprint density at radius 1 is 1.18 bits per heavy atom. The molecule has 1 atom stereocenters. The number of benzene rings is 1. The van der Waals surface area contributed by atoms with Gasteiger partial charge in [-0.25, -0.2) is 4.79 Å². The molecular weight excluding hydrogens is 280 g/mol. The van der Waals surface area contributed by atoms with Gasteiger partial charge in [0.15, 0.2) is 0 Å². The van der Waals surface area contributed by atoms with Gasteiger partial charge in [-0.05, 0) is 30.5 Å². The molecule has 0 aliphatic heterocycles. The van der Waals surface area contributed by atoms with Gasteiger partial charge >= 0.3 is 5.97 Å². The highest BCUT2D eigenvalue weighted by atomic mass is 16.5. The number of amides is 1. The Hall–Kier alpha value is -2.69. The molecule has 1 N–H and O–H groups in total. The second-order valence-electron chi connectivity index (χ2n) is 4.82. The molecule has 0 bridgehead atoms. The number of carbonyl (C=O) groups excluding carboxylic acids is 2. The number of methoxy groups -OCH3 is 1. The monoisotopic (exact) mass is 298 g/mol. The van der Waals surface area contributed by atoms with Gasteiger partial charge in [-0.2, -0.15) is 0 Å². The van der Waals surface area contributed by atoms with Crippen LogP contribution >= 0.6 is 0 Å². The zero-order valence-corrected chi connectivity index (χ0v) is 12.4. The third-order valence-corrected chi connectivity index (χ3v) is 3.28. The molecule has 2 rings (SSSR count). The normalized spacial score (nSPS) is 11.5. The molecule has 0 saturated carbocycles. The fraction of sp³-hybridized carbons (Fsp3) is 0.235. The minimum absolute atomic E-state index is 0.337. The van der Waals surface area contributed by atoms with Gasteiger partial charge in [0.05, 0.1) is 12.7 Å². The average Bonchev–Trinajstić information content (AvgIpc) is 2.59. The quantitative estimate of drug-likeness (QED) is 0.828. The molecule has 0 radical (unpaired) electrons.